The Morgan fingerprint density at radius 3 is 2.28 bits per heavy atom. The number of rotatable bonds is 23. The lowest BCUT2D eigenvalue weighted by Gasteiger charge is -2.44. The quantitative estimate of drug-likeness (QED) is 0.0574. The third-order valence-electron chi connectivity index (χ3n) is 6.31. The molecule has 2 N–H and O–H groups in total. The van der Waals surface area contributed by atoms with Crippen molar-refractivity contribution in [2.24, 2.45) is 0 Å². The van der Waals surface area contributed by atoms with E-state index in [0.717, 1.165) is 32.1 Å². The first-order valence-electron chi connectivity index (χ1n) is 14.2. The summed E-state index contributed by atoms with van der Waals surface area (Å²) in [5, 5.41) is 13.4. The zero-order valence-corrected chi connectivity index (χ0v) is 28.3. The van der Waals surface area contributed by atoms with E-state index in [0.29, 0.717) is 6.42 Å². The fraction of sp³-hybridized carbons (Fsp3) is 0.815. The lowest BCUT2D eigenvalue weighted by molar-refractivity contribution is -0.260. The smallest absolute Gasteiger partial charge is 0.445 e. The van der Waals surface area contributed by atoms with E-state index in [1.54, 1.807) is 7.11 Å². The van der Waals surface area contributed by atoms with Gasteiger partial charge in [-0.05, 0) is 12.8 Å². The molecule has 252 valence electrons. The van der Waals surface area contributed by atoms with Crippen molar-refractivity contribution in [3.8, 4) is 0 Å². The van der Waals surface area contributed by atoms with Gasteiger partial charge in [-0.15, -0.1) is 13.2 Å². The van der Waals surface area contributed by atoms with Crippen LogP contribution in [-0.2, 0) is 41.8 Å². The Kier molecular flexibility index (Phi) is 20.9. The second-order valence-electron chi connectivity index (χ2n) is 9.75. The molecule has 0 aliphatic carbocycles. The molecule has 0 saturated carbocycles. The van der Waals surface area contributed by atoms with Gasteiger partial charge in [0, 0.05) is 20.8 Å². The highest BCUT2D eigenvalue weighted by Crippen LogP contribution is 2.52. The number of alkyl carbamates (subject to hydrolysis) is 1. The highest BCUT2D eigenvalue weighted by molar-refractivity contribution is 7.48. The maximum Gasteiger partial charge on any atom is 0.475 e. The number of phosphoric ester groups is 1. The molecule has 0 aromatic carbocycles. The van der Waals surface area contributed by atoms with Crippen molar-refractivity contribution in [2.45, 2.75) is 92.4 Å². The van der Waals surface area contributed by atoms with Gasteiger partial charge in [0.1, 0.15) is 31.0 Å². The summed E-state index contributed by atoms with van der Waals surface area (Å²) in [6, 6.07) is -1.29. The monoisotopic (exact) mass is 697 g/mol. The van der Waals surface area contributed by atoms with Crippen molar-refractivity contribution in [1.29, 1.82) is 0 Å². The summed E-state index contributed by atoms with van der Waals surface area (Å²) in [5.41, 5.74) is 0. The number of phosphoric acid groups is 1. The normalized spacial score (nSPS) is 23.5. The fourth-order valence-corrected chi connectivity index (χ4v) is 5.74. The maximum atomic E-state index is 13.6. The zero-order chi connectivity index (χ0) is 32.3. The molecule has 6 atom stereocenters. The molecule has 0 spiro atoms. The van der Waals surface area contributed by atoms with E-state index in [1.165, 1.54) is 25.7 Å². The van der Waals surface area contributed by atoms with Crippen LogP contribution in [0.4, 0.5) is 4.79 Å². The van der Waals surface area contributed by atoms with Crippen molar-refractivity contribution < 1.29 is 51.7 Å². The number of unbranched alkanes of at least 4 members (excludes halogenated alkanes) is 4. The van der Waals surface area contributed by atoms with Crippen LogP contribution in [0.2, 0.25) is 0 Å². The van der Waals surface area contributed by atoms with E-state index in [9.17, 15) is 14.5 Å². The molecule has 1 rings (SSSR count). The molecule has 1 heterocycles. The number of aliphatic hydroxyl groups excluding tert-OH is 1. The number of carbonyl (C=O) groups is 1. The van der Waals surface area contributed by atoms with Gasteiger partial charge >= 0.3 is 13.9 Å². The van der Waals surface area contributed by atoms with Crippen LogP contribution in [-0.4, -0.2) is 99.0 Å². The molecule has 1 aliphatic heterocycles. The van der Waals surface area contributed by atoms with E-state index in [1.807, 2.05) is 0 Å². The third kappa shape index (κ3) is 16.6. The summed E-state index contributed by atoms with van der Waals surface area (Å²) in [7, 11) is -1.24. The molecule has 1 fully saturated rings. The van der Waals surface area contributed by atoms with Crippen LogP contribution < -0.4 is 5.32 Å². The first-order valence-corrected chi connectivity index (χ1v) is 16.8. The number of hydrogen-bond donors (Lipinski definition) is 2. The molecule has 0 aromatic heterocycles. The van der Waals surface area contributed by atoms with Crippen molar-refractivity contribution in [3.05, 3.63) is 25.3 Å². The van der Waals surface area contributed by atoms with E-state index in [-0.39, 0.29) is 32.5 Å². The van der Waals surface area contributed by atoms with E-state index in [4.69, 9.17) is 72.1 Å². The topological polar surface area (TPSA) is 140 Å². The molecule has 12 nitrogen and oxygen atoms in total. The number of ether oxygens (including phenoxy) is 5. The van der Waals surface area contributed by atoms with Crippen molar-refractivity contribution in [1.82, 2.24) is 5.32 Å². The lowest BCUT2D eigenvalue weighted by Crippen LogP contribution is -2.65. The standard InChI is InChI=1S/C27H47Cl3NO11P/c1-6-9-10-11-12-13-20(36-5)14-17-37-24-22(31-26(33)38-19-27(28,29)30)25(32)41-21(18-35-4)23(24)42-43(34,39-15-7-2)40-16-8-3/h7-8,20-25,32H,2-3,6,9-19H2,1,4-5H3,(H,31,33)/t20-,21-,22-,23-,24-,25?/m1/s1. The highest BCUT2D eigenvalue weighted by Gasteiger charge is 2.51. The molecular formula is C27H47Cl3NO11P. The Morgan fingerprint density at radius 1 is 1.07 bits per heavy atom. The van der Waals surface area contributed by atoms with Gasteiger partial charge in [-0.1, -0.05) is 86.0 Å². The Labute approximate surface area is 270 Å². The molecule has 1 unspecified atom stereocenters. The number of alkyl halides is 3. The highest BCUT2D eigenvalue weighted by atomic mass is 35.6. The predicted octanol–water partition coefficient (Wildman–Crippen LogP) is 5.86. The predicted molar refractivity (Wildman–Crippen MR) is 165 cm³/mol. The summed E-state index contributed by atoms with van der Waals surface area (Å²) in [4.78, 5) is 12.6. The SMILES string of the molecule is C=CCOP(=O)(OCC=C)O[C@H]1[C@H](OCC[C@@H](CCCCCCC)OC)[C@@H](NC(=O)OCC(Cl)(Cl)Cl)C(O)O[C@@H]1COC. The molecule has 43 heavy (non-hydrogen) atoms. The minimum Gasteiger partial charge on any atom is -0.445 e. The number of amides is 1. The molecule has 0 radical (unpaired) electrons. The van der Waals surface area contributed by atoms with Crippen LogP contribution in [0.5, 0.6) is 0 Å². The number of methoxy groups -OCH3 is 2. The van der Waals surface area contributed by atoms with Gasteiger partial charge in [0.2, 0.25) is 3.79 Å². The van der Waals surface area contributed by atoms with E-state index in [2.05, 4.69) is 25.4 Å². The molecular weight excluding hydrogens is 652 g/mol. The first kappa shape index (κ1) is 40.6. The van der Waals surface area contributed by atoms with E-state index >= 15 is 0 Å². The number of hydrogen-bond acceptors (Lipinski definition) is 11. The van der Waals surface area contributed by atoms with Crippen LogP contribution in [0, 0.1) is 0 Å². The second kappa shape index (κ2) is 22.1. The van der Waals surface area contributed by atoms with Crippen LogP contribution in [0.3, 0.4) is 0 Å². The summed E-state index contributed by atoms with van der Waals surface area (Å²) >= 11 is 17.1. The molecule has 1 saturated heterocycles. The first-order chi connectivity index (χ1) is 20.4. The third-order valence-corrected chi connectivity index (χ3v) is 8.07. The van der Waals surface area contributed by atoms with Gasteiger partial charge in [-0.2, -0.15) is 0 Å². The zero-order valence-electron chi connectivity index (χ0n) is 25.1. The second-order valence-corrected chi connectivity index (χ2v) is 13.9. The average molecular weight is 699 g/mol. The Bertz CT molecular complexity index is 835. The number of aliphatic hydroxyl groups is 1. The van der Waals surface area contributed by atoms with Gasteiger partial charge in [0.25, 0.3) is 0 Å². The minimum absolute atomic E-state index is 0.0980. The van der Waals surface area contributed by atoms with Crippen LogP contribution in [0.25, 0.3) is 0 Å². The van der Waals surface area contributed by atoms with Crippen molar-refractivity contribution in [2.75, 3.05) is 47.3 Å². The molecule has 1 amide bonds. The lowest BCUT2D eigenvalue weighted by atomic mass is 9.96. The van der Waals surface area contributed by atoms with Gasteiger partial charge in [0.15, 0.2) is 6.29 Å². The number of carbonyl (C=O) groups excluding carboxylic acids is 1. The van der Waals surface area contributed by atoms with Gasteiger partial charge in [0.05, 0.1) is 25.9 Å². The Hall–Kier alpha value is -0.470. The molecule has 0 aromatic rings. The maximum absolute atomic E-state index is 13.6. The van der Waals surface area contributed by atoms with Gasteiger partial charge in [-0.25, -0.2) is 9.36 Å². The van der Waals surface area contributed by atoms with Crippen molar-refractivity contribution >= 4 is 48.7 Å². The molecule has 16 heteroatoms. The Morgan fingerprint density at radius 2 is 1.72 bits per heavy atom. The van der Waals surface area contributed by atoms with Crippen molar-refractivity contribution in [3.63, 3.8) is 0 Å². The fourth-order valence-electron chi connectivity index (χ4n) is 4.25. The van der Waals surface area contributed by atoms with E-state index < -0.39 is 55.0 Å². The van der Waals surface area contributed by atoms with Crippen LogP contribution in [0.1, 0.15) is 51.9 Å². The largest absolute Gasteiger partial charge is 0.475 e. The minimum atomic E-state index is -4.28. The average Bonchev–Trinajstić information content (AvgIpc) is 2.96. The summed E-state index contributed by atoms with van der Waals surface area (Å²) in [6.07, 6.45) is 3.47. The molecule has 1 aliphatic rings. The summed E-state index contributed by atoms with van der Waals surface area (Å²) < 4.78 is 56.1. The molecule has 0 bridgehead atoms. The number of nitrogens with one attached hydrogen (secondary N) is 1. The summed E-state index contributed by atoms with van der Waals surface area (Å²) in [6.45, 7) is 8.40. The van der Waals surface area contributed by atoms with Crippen LogP contribution >= 0.6 is 42.6 Å². The summed E-state index contributed by atoms with van der Waals surface area (Å²) in [5.74, 6) is 0. The van der Waals surface area contributed by atoms with Gasteiger partial charge in [-0.3, -0.25) is 13.6 Å². The van der Waals surface area contributed by atoms with Crippen LogP contribution in [0.15, 0.2) is 25.3 Å². The Balaban J connectivity index is 3.24. The number of halogens is 3. The van der Waals surface area contributed by atoms with Gasteiger partial charge < -0.3 is 34.1 Å².